The van der Waals surface area contributed by atoms with Gasteiger partial charge in [0.05, 0.1) is 25.1 Å². The molecule has 0 aromatic carbocycles. The first-order valence-corrected chi connectivity index (χ1v) is 10.5. The molecule has 6 nitrogen and oxygen atoms in total. The monoisotopic (exact) mass is 344 g/mol. The SMILES string of the molecule is O=S(=O)(C1CC1)N1CCOCC2(CC(CN3CCCC3)CO2)C1. The highest BCUT2D eigenvalue weighted by Crippen LogP contribution is 2.37. The Hall–Kier alpha value is -0.210. The molecule has 3 heterocycles. The fourth-order valence-electron chi connectivity index (χ4n) is 4.26. The van der Waals surface area contributed by atoms with E-state index in [0.717, 1.165) is 32.4 Å². The summed E-state index contributed by atoms with van der Waals surface area (Å²) in [6.45, 7) is 6.16. The van der Waals surface area contributed by atoms with Gasteiger partial charge in [0, 0.05) is 19.6 Å². The van der Waals surface area contributed by atoms with Crippen LogP contribution in [-0.4, -0.2) is 81.0 Å². The van der Waals surface area contributed by atoms with Crippen molar-refractivity contribution in [3.8, 4) is 0 Å². The summed E-state index contributed by atoms with van der Waals surface area (Å²) >= 11 is 0. The van der Waals surface area contributed by atoms with Gasteiger partial charge in [-0.25, -0.2) is 8.42 Å². The van der Waals surface area contributed by atoms with Crippen LogP contribution >= 0.6 is 0 Å². The van der Waals surface area contributed by atoms with Crippen LogP contribution in [-0.2, 0) is 19.5 Å². The lowest BCUT2D eigenvalue weighted by atomic mass is 9.94. The van der Waals surface area contributed by atoms with E-state index in [2.05, 4.69) is 4.90 Å². The van der Waals surface area contributed by atoms with Gasteiger partial charge in [-0.3, -0.25) is 0 Å². The third kappa shape index (κ3) is 3.44. The minimum absolute atomic E-state index is 0.153. The average molecular weight is 344 g/mol. The topological polar surface area (TPSA) is 59.1 Å². The van der Waals surface area contributed by atoms with Gasteiger partial charge in [-0.15, -0.1) is 0 Å². The average Bonchev–Trinajstić information content (AvgIpc) is 3.20. The van der Waals surface area contributed by atoms with Gasteiger partial charge in [0.25, 0.3) is 0 Å². The number of ether oxygens (including phenoxy) is 2. The molecule has 1 spiro atoms. The molecule has 4 rings (SSSR count). The molecule has 3 saturated heterocycles. The van der Waals surface area contributed by atoms with Gasteiger partial charge in [-0.2, -0.15) is 4.31 Å². The molecular weight excluding hydrogens is 316 g/mol. The van der Waals surface area contributed by atoms with Gasteiger partial charge in [0.15, 0.2) is 0 Å². The van der Waals surface area contributed by atoms with E-state index < -0.39 is 15.6 Å². The van der Waals surface area contributed by atoms with Gasteiger partial charge in [-0.1, -0.05) is 0 Å². The summed E-state index contributed by atoms with van der Waals surface area (Å²) in [5.74, 6) is 0.500. The fraction of sp³-hybridized carbons (Fsp3) is 1.00. The number of nitrogens with zero attached hydrogens (tertiary/aromatic N) is 2. The standard InChI is InChI=1S/C16H28N2O4S/c19-23(20,15-3-4-15)18-7-8-21-13-16(12-18)9-14(11-22-16)10-17-5-1-2-6-17/h14-15H,1-13H2. The zero-order chi connectivity index (χ0) is 15.9. The molecule has 0 aromatic heterocycles. The molecule has 7 heteroatoms. The fourth-order valence-corrected chi connectivity index (χ4v) is 6.16. The Morgan fingerprint density at radius 3 is 2.65 bits per heavy atom. The lowest BCUT2D eigenvalue weighted by Gasteiger charge is -2.31. The van der Waals surface area contributed by atoms with Crippen LogP contribution in [0.4, 0.5) is 0 Å². The summed E-state index contributed by atoms with van der Waals surface area (Å²) in [7, 11) is -3.15. The second kappa shape index (κ2) is 6.26. The van der Waals surface area contributed by atoms with E-state index in [4.69, 9.17) is 9.47 Å². The van der Waals surface area contributed by atoms with E-state index in [9.17, 15) is 8.42 Å². The maximum Gasteiger partial charge on any atom is 0.217 e. The molecule has 3 aliphatic heterocycles. The van der Waals surface area contributed by atoms with Crippen LogP contribution < -0.4 is 0 Å². The van der Waals surface area contributed by atoms with E-state index in [1.54, 1.807) is 4.31 Å². The van der Waals surface area contributed by atoms with Crippen molar-refractivity contribution in [2.75, 3.05) is 52.5 Å². The lowest BCUT2D eigenvalue weighted by Crippen LogP contribution is -2.47. The van der Waals surface area contributed by atoms with Gasteiger partial charge in [0.2, 0.25) is 10.0 Å². The van der Waals surface area contributed by atoms with Crippen molar-refractivity contribution in [2.45, 2.75) is 43.0 Å². The Bertz CT molecular complexity index is 530. The van der Waals surface area contributed by atoms with Crippen LogP contribution in [0.15, 0.2) is 0 Å². The molecule has 4 fully saturated rings. The number of rotatable bonds is 4. The maximum absolute atomic E-state index is 12.6. The van der Waals surface area contributed by atoms with Crippen molar-refractivity contribution < 1.29 is 17.9 Å². The zero-order valence-corrected chi connectivity index (χ0v) is 14.6. The third-order valence-electron chi connectivity index (χ3n) is 5.62. The third-order valence-corrected chi connectivity index (χ3v) is 7.97. The molecule has 0 aromatic rings. The van der Waals surface area contributed by atoms with Gasteiger partial charge >= 0.3 is 0 Å². The second-order valence-electron chi connectivity index (χ2n) is 7.70. The molecule has 0 bridgehead atoms. The first kappa shape index (κ1) is 16.3. The molecule has 1 aliphatic carbocycles. The van der Waals surface area contributed by atoms with Crippen LogP contribution in [0.5, 0.6) is 0 Å². The Morgan fingerprint density at radius 2 is 1.91 bits per heavy atom. The zero-order valence-electron chi connectivity index (χ0n) is 13.8. The van der Waals surface area contributed by atoms with E-state index in [-0.39, 0.29) is 5.25 Å². The Labute approximate surface area is 139 Å². The number of hydrogen-bond acceptors (Lipinski definition) is 5. The quantitative estimate of drug-likeness (QED) is 0.751. The van der Waals surface area contributed by atoms with Crippen molar-refractivity contribution in [3.63, 3.8) is 0 Å². The molecule has 0 radical (unpaired) electrons. The van der Waals surface area contributed by atoms with Crippen LogP contribution in [0, 0.1) is 5.92 Å². The minimum Gasteiger partial charge on any atom is -0.377 e. The number of hydrogen-bond donors (Lipinski definition) is 0. The summed E-state index contributed by atoms with van der Waals surface area (Å²) in [5, 5.41) is -0.153. The summed E-state index contributed by atoms with van der Waals surface area (Å²) in [6.07, 6.45) is 5.14. The van der Waals surface area contributed by atoms with Crippen molar-refractivity contribution in [3.05, 3.63) is 0 Å². The molecule has 23 heavy (non-hydrogen) atoms. The lowest BCUT2D eigenvalue weighted by molar-refractivity contribution is -0.0512. The van der Waals surface area contributed by atoms with Crippen LogP contribution in [0.2, 0.25) is 0 Å². The maximum atomic E-state index is 12.6. The molecule has 132 valence electrons. The molecule has 2 unspecified atom stereocenters. The van der Waals surface area contributed by atoms with Gasteiger partial charge in [-0.05, 0) is 51.1 Å². The Balaban J connectivity index is 1.42. The van der Waals surface area contributed by atoms with Crippen LogP contribution in [0.3, 0.4) is 0 Å². The highest BCUT2D eigenvalue weighted by Gasteiger charge is 2.48. The van der Waals surface area contributed by atoms with Crippen molar-refractivity contribution in [1.29, 1.82) is 0 Å². The molecule has 0 amide bonds. The Kier molecular flexibility index (Phi) is 4.43. The van der Waals surface area contributed by atoms with Crippen LogP contribution in [0.1, 0.15) is 32.1 Å². The Morgan fingerprint density at radius 1 is 1.13 bits per heavy atom. The summed E-state index contributed by atoms with van der Waals surface area (Å²) in [6, 6.07) is 0. The summed E-state index contributed by atoms with van der Waals surface area (Å²) < 4.78 is 38.7. The predicted octanol–water partition coefficient (Wildman–Crippen LogP) is 0.682. The van der Waals surface area contributed by atoms with Gasteiger partial charge in [0.1, 0.15) is 5.60 Å². The van der Waals surface area contributed by atoms with Gasteiger partial charge < -0.3 is 14.4 Å². The van der Waals surface area contributed by atoms with Crippen molar-refractivity contribution in [2.24, 2.45) is 5.92 Å². The summed E-state index contributed by atoms with van der Waals surface area (Å²) in [4.78, 5) is 2.52. The molecule has 1 saturated carbocycles. The van der Waals surface area contributed by atoms with E-state index in [1.165, 1.54) is 25.9 Å². The highest BCUT2D eigenvalue weighted by molar-refractivity contribution is 7.90. The van der Waals surface area contributed by atoms with E-state index in [0.29, 0.717) is 32.2 Å². The predicted molar refractivity (Wildman–Crippen MR) is 86.8 cm³/mol. The summed E-state index contributed by atoms with van der Waals surface area (Å²) in [5.41, 5.74) is -0.428. The molecule has 4 aliphatic rings. The van der Waals surface area contributed by atoms with Crippen molar-refractivity contribution >= 4 is 10.0 Å². The van der Waals surface area contributed by atoms with E-state index in [1.807, 2.05) is 0 Å². The number of likely N-dealkylation sites (tertiary alicyclic amines) is 1. The molecule has 0 N–H and O–H groups in total. The van der Waals surface area contributed by atoms with Crippen LogP contribution in [0.25, 0.3) is 0 Å². The first-order chi connectivity index (χ1) is 11.1. The minimum atomic E-state index is -3.15. The second-order valence-corrected chi connectivity index (χ2v) is 9.92. The normalized spacial score (nSPS) is 37.5. The highest BCUT2D eigenvalue weighted by atomic mass is 32.2. The van der Waals surface area contributed by atoms with Crippen molar-refractivity contribution in [1.82, 2.24) is 9.21 Å². The van der Waals surface area contributed by atoms with E-state index >= 15 is 0 Å². The molecule has 2 atom stereocenters. The number of sulfonamides is 1. The first-order valence-electron chi connectivity index (χ1n) is 9.00. The molecular formula is C16H28N2O4S. The smallest absolute Gasteiger partial charge is 0.217 e. The largest absolute Gasteiger partial charge is 0.377 e.